The van der Waals surface area contributed by atoms with Crippen LogP contribution in [0.25, 0.3) is 0 Å². The van der Waals surface area contributed by atoms with Crippen molar-refractivity contribution in [2.24, 2.45) is 5.41 Å². The van der Waals surface area contributed by atoms with Crippen molar-refractivity contribution >= 4 is 18.0 Å². The zero-order valence-electron chi connectivity index (χ0n) is 12.1. The molecule has 0 aromatic carbocycles. The normalized spacial score (nSPS) is 16.8. The summed E-state index contributed by atoms with van der Waals surface area (Å²) >= 11 is 0. The highest BCUT2D eigenvalue weighted by atomic mass is 16.5. The molecule has 8 nitrogen and oxygen atoms in total. The van der Waals surface area contributed by atoms with Gasteiger partial charge in [0, 0.05) is 26.7 Å². The highest BCUT2D eigenvalue weighted by Gasteiger charge is 2.42. The summed E-state index contributed by atoms with van der Waals surface area (Å²) in [7, 11) is 1.62. The van der Waals surface area contributed by atoms with E-state index in [1.54, 1.807) is 7.11 Å². The Hall–Kier alpha value is -1.83. The Morgan fingerprint density at radius 2 is 1.95 bits per heavy atom. The highest BCUT2D eigenvalue weighted by molar-refractivity contribution is 5.83. The fraction of sp³-hybridized carbons (Fsp3) is 0.769. The number of methoxy groups -OCH3 is 1. The van der Waals surface area contributed by atoms with Gasteiger partial charge in [-0.05, 0) is 31.1 Å². The molecule has 0 saturated heterocycles. The minimum atomic E-state index is -1.24. The molecule has 1 rings (SSSR count). The van der Waals surface area contributed by atoms with Crippen LogP contribution < -0.4 is 10.6 Å². The summed E-state index contributed by atoms with van der Waals surface area (Å²) in [5.74, 6) is -2.34. The van der Waals surface area contributed by atoms with E-state index in [9.17, 15) is 14.4 Å². The van der Waals surface area contributed by atoms with Crippen LogP contribution >= 0.6 is 0 Å². The first-order valence-corrected chi connectivity index (χ1v) is 6.86. The molecule has 0 heterocycles. The number of amides is 2. The average molecular weight is 302 g/mol. The molecular weight excluding hydrogens is 280 g/mol. The molecule has 120 valence electrons. The van der Waals surface area contributed by atoms with Crippen molar-refractivity contribution < 1.29 is 29.3 Å². The van der Waals surface area contributed by atoms with Crippen LogP contribution in [0.15, 0.2) is 0 Å². The number of urea groups is 1. The second kappa shape index (κ2) is 7.82. The van der Waals surface area contributed by atoms with Crippen molar-refractivity contribution in [3.05, 3.63) is 0 Å². The van der Waals surface area contributed by atoms with Gasteiger partial charge in [-0.25, -0.2) is 9.59 Å². The first kappa shape index (κ1) is 17.2. The van der Waals surface area contributed by atoms with Crippen LogP contribution in [0.4, 0.5) is 4.79 Å². The highest BCUT2D eigenvalue weighted by Crippen LogP contribution is 2.48. The van der Waals surface area contributed by atoms with Crippen molar-refractivity contribution in [3.63, 3.8) is 0 Å². The fourth-order valence-corrected chi connectivity index (χ4v) is 2.01. The van der Waals surface area contributed by atoms with Crippen LogP contribution in [-0.4, -0.2) is 54.5 Å². The van der Waals surface area contributed by atoms with E-state index in [2.05, 4.69) is 10.6 Å². The quantitative estimate of drug-likeness (QED) is 0.463. The van der Waals surface area contributed by atoms with E-state index in [-0.39, 0.29) is 18.3 Å². The number of carbonyl (C=O) groups excluding carboxylic acids is 1. The number of carboxylic acids is 2. The molecule has 1 aliphatic carbocycles. The molecular formula is C13H22N2O6. The maximum Gasteiger partial charge on any atom is 0.326 e. The number of ether oxygens (including phenoxy) is 1. The van der Waals surface area contributed by atoms with E-state index in [1.807, 2.05) is 0 Å². The van der Waals surface area contributed by atoms with E-state index >= 15 is 0 Å². The number of hydrogen-bond acceptors (Lipinski definition) is 4. The van der Waals surface area contributed by atoms with Crippen LogP contribution in [0, 0.1) is 5.41 Å². The lowest BCUT2D eigenvalue weighted by molar-refractivity contribution is -0.140. The van der Waals surface area contributed by atoms with Gasteiger partial charge in [0.1, 0.15) is 6.04 Å². The summed E-state index contributed by atoms with van der Waals surface area (Å²) in [6.45, 7) is 1.09. The van der Waals surface area contributed by atoms with Crippen molar-refractivity contribution in [2.75, 3.05) is 20.3 Å². The summed E-state index contributed by atoms with van der Waals surface area (Å²) in [5.41, 5.74) is 0.0626. The average Bonchev–Trinajstić information content (AvgIpc) is 3.19. The standard InChI is InChI=1S/C13H22N2O6/c1-21-7-6-13(4-5-13)8-14-12(20)15-9(11(18)19)2-3-10(16)17/h9H,2-8H2,1H3,(H,16,17)(H,18,19)(H2,14,15,20)/t9-/m0/s1. The third kappa shape index (κ3) is 6.44. The zero-order chi connectivity index (χ0) is 15.9. The largest absolute Gasteiger partial charge is 0.481 e. The van der Waals surface area contributed by atoms with Crippen molar-refractivity contribution in [1.29, 1.82) is 0 Å². The molecule has 1 fully saturated rings. The van der Waals surface area contributed by atoms with E-state index < -0.39 is 24.0 Å². The predicted molar refractivity (Wildman–Crippen MR) is 73.0 cm³/mol. The van der Waals surface area contributed by atoms with Gasteiger partial charge in [0.05, 0.1) is 0 Å². The van der Waals surface area contributed by atoms with Crippen molar-refractivity contribution in [2.45, 2.75) is 38.1 Å². The Balaban J connectivity index is 2.33. The Bertz CT molecular complexity index is 394. The topological polar surface area (TPSA) is 125 Å². The maximum absolute atomic E-state index is 11.7. The molecule has 8 heteroatoms. The monoisotopic (exact) mass is 302 g/mol. The minimum absolute atomic E-state index is 0.0626. The maximum atomic E-state index is 11.7. The Morgan fingerprint density at radius 3 is 2.43 bits per heavy atom. The van der Waals surface area contributed by atoms with E-state index in [4.69, 9.17) is 14.9 Å². The number of rotatable bonds is 10. The minimum Gasteiger partial charge on any atom is -0.481 e. The molecule has 2 amide bonds. The molecule has 0 aromatic rings. The Morgan fingerprint density at radius 1 is 1.29 bits per heavy atom. The first-order chi connectivity index (χ1) is 9.88. The van der Waals surface area contributed by atoms with Gasteiger partial charge in [-0.2, -0.15) is 0 Å². The summed E-state index contributed by atoms with van der Waals surface area (Å²) in [6, 6.07) is -1.79. The van der Waals surface area contributed by atoms with Gasteiger partial charge in [0.25, 0.3) is 0 Å². The summed E-state index contributed by atoms with van der Waals surface area (Å²) in [6.07, 6.45) is 2.42. The van der Waals surface area contributed by atoms with Crippen molar-refractivity contribution in [1.82, 2.24) is 10.6 Å². The third-order valence-electron chi connectivity index (χ3n) is 3.67. The molecule has 0 bridgehead atoms. The molecule has 0 aromatic heterocycles. The van der Waals surface area contributed by atoms with E-state index in [0.29, 0.717) is 13.2 Å². The first-order valence-electron chi connectivity index (χ1n) is 6.86. The third-order valence-corrected chi connectivity index (χ3v) is 3.67. The van der Waals surface area contributed by atoms with Gasteiger partial charge < -0.3 is 25.6 Å². The number of carbonyl (C=O) groups is 3. The van der Waals surface area contributed by atoms with Crippen molar-refractivity contribution in [3.8, 4) is 0 Å². The second-order valence-electron chi connectivity index (χ2n) is 5.39. The van der Waals surface area contributed by atoms with E-state index in [1.165, 1.54) is 0 Å². The number of nitrogens with one attached hydrogen (secondary N) is 2. The van der Waals surface area contributed by atoms with Gasteiger partial charge in [-0.1, -0.05) is 0 Å². The van der Waals surface area contributed by atoms with Crippen LogP contribution in [0.3, 0.4) is 0 Å². The smallest absolute Gasteiger partial charge is 0.326 e. The number of carboxylic acid groups (broad SMARTS) is 2. The van der Waals surface area contributed by atoms with Gasteiger partial charge in [-0.3, -0.25) is 4.79 Å². The molecule has 4 N–H and O–H groups in total. The SMILES string of the molecule is COCCC1(CNC(=O)N[C@@H](CCC(=O)O)C(=O)O)CC1. The predicted octanol–water partition coefficient (Wildman–Crippen LogP) is 0.420. The summed E-state index contributed by atoms with van der Waals surface area (Å²) in [5, 5.41) is 22.4. The second-order valence-corrected chi connectivity index (χ2v) is 5.39. The van der Waals surface area contributed by atoms with Crippen LogP contribution in [0.2, 0.25) is 0 Å². The van der Waals surface area contributed by atoms with E-state index in [0.717, 1.165) is 19.3 Å². The van der Waals surface area contributed by atoms with Gasteiger partial charge in [-0.15, -0.1) is 0 Å². The molecule has 1 saturated carbocycles. The molecule has 1 aliphatic rings. The van der Waals surface area contributed by atoms with Gasteiger partial charge >= 0.3 is 18.0 Å². The number of aliphatic carboxylic acids is 2. The summed E-state index contributed by atoms with van der Waals surface area (Å²) in [4.78, 5) is 33.1. The molecule has 1 atom stereocenters. The number of hydrogen-bond donors (Lipinski definition) is 4. The lowest BCUT2D eigenvalue weighted by Crippen LogP contribution is -2.47. The lowest BCUT2D eigenvalue weighted by Gasteiger charge is -2.18. The van der Waals surface area contributed by atoms with Crippen LogP contribution in [0.5, 0.6) is 0 Å². The van der Waals surface area contributed by atoms with Crippen LogP contribution in [0.1, 0.15) is 32.1 Å². The van der Waals surface area contributed by atoms with Crippen LogP contribution in [-0.2, 0) is 14.3 Å². The Kier molecular flexibility index (Phi) is 6.41. The molecule has 0 aliphatic heterocycles. The van der Waals surface area contributed by atoms with Gasteiger partial charge in [0.15, 0.2) is 0 Å². The zero-order valence-corrected chi connectivity index (χ0v) is 12.1. The Labute approximate surface area is 122 Å². The molecule has 0 radical (unpaired) electrons. The molecule has 21 heavy (non-hydrogen) atoms. The van der Waals surface area contributed by atoms with Gasteiger partial charge in [0.2, 0.25) is 0 Å². The lowest BCUT2D eigenvalue weighted by atomic mass is 10.0. The molecule has 0 unspecified atom stereocenters. The fourth-order valence-electron chi connectivity index (χ4n) is 2.01. The molecule has 0 spiro atoms. The summed E-state index contributed by atoms with van der Waals surface area (Å²) < 4.78 is 5.01.